The van der Waals surface area contributed by atoms with Crippen molar-refractivity contribution in [2.75, 3.05) is 17.7 Å². The lowest BCUT2D eigenvalue weighted by Gasteiger charge is -2.20. The summed E-state index contributed by atoms with van der Waals surface area (Å²) in [4.78, 5) is 13.6. The summed E-state index contributed by atoms with van der Waals surface area (Å²) in [5.41, 5.74) is 6.06. The zero-order chi connectivity index (χ0) is 14.9. The van der Waals surface area contributed by atoms with Crippen LogP contribution >= 0.6 is 0 Å². The van der Waals surface area contributed by atoms with Gasteiger partial charge in [0.1, 0.15) is 5.82 Å². The fraction of sp³-hybridized carbons (Fsp3) is 0.133. The highest BCUT2D eigenvalue weighted by atomic mass is 19.1. The molecular formula is C15H14F2N2O. The zero-order valence-electron chi connectivity index (χ0n) is 11.2. The molecule has 0 heterocycles. The highest BCUT2D eigenvalue weighted by Crippen LogP contribution is 2.23. The van der Waals surface area contributed by atoms with Crippen molar-refractivity contribution in [3.8, 4) is 0 Å². The van der Waals surface area contributed by atoms with Crippen LogP contribution in [0.15, 0.2) is 36.4 Å². The second kappa shape index (κ2) is 5.28. The van der Waals surface area contributed by atoms with Gasteiger partial charge in [0.25, 0.3) is 5.91 Å². The summed E-state index contributed by atoms with van der Waals surface area (Å²) in [5, 5.41) is 0. The van der Waals surface area contributed by atoms with E-state index in [0.717, 1.165) is 17.7 Å². The second-order valence-corrected chi connectivity index (χ2v) is 4.51. The Morgan fingerprint density at radius 1 is 1.20 bits per heavy atom. The van der Waals surface area contributed by atoms with Gasteiger partial charge in [0.05, 0.1) is 11.3 Å². The molecule has 0 fully saturated rings. The molecule has 20 heavy (non-hydrogen) atoms. The van der Waals surface area contributed by atoms with Crippen LogP contribution in [0, 0.1) is 18.6 Å². The number of benzene rings is 2. The Bertz CT molecular complexity index is 671. The molecule has 2 N–H and O–H groups in total. The Morgan fingerprint density at radius 2 is 1.85 bits per heavy atom. The lowest BCUT2D eigenvalue weighted by molar-refractivity contribution is 0.0988. The van der Waals surface area contributed by atoms with Gasteiger partial charge in [0.15, 0.2) is 5.82 Å². The van der Waals surface area contributed by atoms with E-state index in [2.05, 4.69) is 0 Å². The molecule has 0 saturated heterocycles. The first-order valence-corrected chi connectivity index (χ1v) is 6.00. The van der Waals surface area contributed by atoms with Crippen molar-refractivity contribution in [1.82, 2.24) is 0 Å². The van der Waals surface area contributed by atoms with Crippen LogP contribution in [0.2, 0.25) is 0 Å². The fourth-order valence-electron chi connectivity index (χ4n) is 2.00. The van der Waals surface area contributed by atoms with Crippen molar-refractivity contribution in [2.45, 2.75) is 6.92 Å². The van der Waals surface area contributed by atoms with Crippen molar-refractivity contribution in [3.05, 3.63) is 59.2 Å². The lowest BCUT2D eigenvalue weighted by Crippen LogP contribution is -2.28. The number of hydrogen-bond donors (Lipinski definition) is 1. The van der Waals surface area contributed by atoms with Crippen molar-refractivity contribution in [2.24, 2.45) is 0 Å². The predicted octanol–water partition coefficient (Wildman–Crippen LogP) is 3.13. The molecule has 3 nitrogen and oxygen atoms in total. The van der Waals surface area contributed by atoms with Crippen LogP contribution in [0.3, 0.4) is 0 Å². The van der Waals surface area contributed by atoms with Gasteiger partial charge in [-0.2, -0.15) is 0 Å². The highest BCUT2D eigenvalue weighted by molar-refractivity contribution is 6.06. The van der Waals surface area contributed by atoms with Gasteiger partial charge in [0, 0.05) is 12.7 Å². The van der Waals surface area contributed by atoms with Gasteiger partial charge in [0.2, 0.25) is 0 Å². The van der Waals surface area contributed by atoms with E-state index in [1.54, 1.807) is 12.1 Å². The highest BCUT2D eigenvalue weighted by Gasteiger charge is 2.21. The standard InChI is InChI=1S/C15H14F2N2O/c1-9-5-3-4-6-13(9)19(2)15(20)11-7-10(16)8-12(18)14(11)17/h3-8H,18H2,1-2H3. The fourth-order valence-corrected chi connectivity index (χ4v) is 2.00. The third kappa shape index (κ3) is 2.47. The largest absolute Gasteiger partial charge is 0.396 e. The molecule has 0 unspecified atom stereocenters. The van der Waals surface area contributed by atoms with Gasteiger partial charge in [-0.15, -0.1) is 0 Å². The molecule has 0 spiro atoms. The van der Waals surface area contributed by atoms with E-state index in [1.165, 1.54) is 11.9 Å². The van der Waals surface area contributed by atoms with Gasteiger partial charge in [-0.1, -0.05) is 18.2 Å². The Hall–Kier alpha value is -2.43. The summed E-state index contributed by atoms with van der Waals surface area (Å²) < 4.78 is 27.2. The van der Waals surface area contributed by atoms with E-state index < -0.39 is 17.5 Å². The number of carbonyl (C=O) groups excluding carboxylic acids is 1. The molecule has 0 aliphatic rings. The average Bonchev–Trinajstić information content (AvgIpc) is 2.42. The minimum atomic E-state index is -0.906. The summed E-state index contributed by atoms with van der Waals surface area (Å²) in [7, 11) is 1.51. The smallest absolute Gasteiger partial charge is 0.261 e. The number of rotatable bonds is 2. The number of amides is 1. The molecule has 2 rings (SSSR count). The number of aryl methyl sites for hydroxylation is 1. The Morgan fingerprint density at radius 3 is 2.50 bits per heavy atom. The maximum atomic E-state index is 13.9. The van der Waals surface area contributed by atoms with E-state index in [0.29, 0.717) is 5.69 Å². The van der Waals surface area contributed by atoms with Crippen LogP contribution < -0.4 is 10.6 Å². The first-order chi connectivity index (χ1) is 9.41. The van der Waals surface area contributed by atoms with Crippen molar-refractivity contribution in [3.63, 3.8) is 0 Å². The topological polar surface area (TPSA) is 46.3 Å². The monoisotopic (exact) mass is 276 g/mol. The number of hydrogen-bond acceptors (Lipinski definition) is 2. The third-order valence-electron chi connectivity index (χ3n) is 3.08. The van der Waals surface area contributed by atoms with Crippen LogP contribution in [0.4, 0.5) is 20.2 Å². The molecule has 0 bridgehead atoms. The quantitative estimate of drug-likeness (QED) is 0.856. The number of nitrogen functional groups attached to an aromatic ring is 1. The molecule has 104 valence electrons. The number of nitrogens with two attached hydrogens (primary N) is 1. The first-order valence-electron chi connectivity index (χ1n) is 6.00. The third-order valence-corrected chi connectivity index (χ3v) is 3.08. The van der Waals surface area contributed by atoms with Crippen molar-refractivity contribution < 1.29 is 13.6 Å². The Kier molecular flexibility index (Phi) is 3.70. The number of para-hydroxylation sites is 1. The van der Waals surface area contributed by atoms with E-state index in [4.69, 9.17) is 5.73 Å². The van der Waals surface area contributed by atoms with E-state index in [9.17, 15) is 13.6 Å². The number of halogens is 2. The van der Waals surface area contributed by atoms with Crippen LogP contribution in [-0.2, 0) is 0 Å². The maximum Gasteiger partial charge on any atom is 0.261 e. The molecule has 0 aliphatic heterocycles. The molecule has 2 aromatic rings. The normalized spacial score (nSPS) is 10.4. The van der Waals surface area contributed by atoms with Gasteiger partial charge in [-0.05, 0) is 30.7 Å². The number of anilines is 2. The SMILES string of the molecule is Cc1ccccc1N(C)C(=O)c1cc(F)cc(N)c1F. The summed E-state index contributed by atoms with van der Waals surface area (Å²) in [6.45, 7) is 1.83. The number of carbonyl (C=O) groups is 1. The summed E-state index contributed by atoms with van der Waals surface area (Å²) in [5.74, 6) is -2.30. The van der Waals surface area contributed by atoms with Gasteiger partial charge >= 0.3 is 0 Å². The minimum Gasteiger partial charge on any atom is -0.396 e. The predicted molar refractivity (Wildman–Crippen MR) is 74.7 cm³/mol. The van der Waals surface area contributed by atoms with Crippen molar-refractivity contribution >= 4 is 17.3 Å². The van der Waals surface area contributed by atoms with Crippen LogP contribution in [0.1, 0.15) is 15.9 Å². The zero-order valence-corrected chi connectivity index (χ0v) is 11.2. The van der Waals surface area contributed by atoms with Crippen LogP contribution in [-0.4, -0.2) is 13.0 Å². The summed E-state index contributed by atoms with van der Waals surface area (Å²) in [6, 6.07) is 8.85. The molecule has 5 heteroatoms. The molecular weight excluding hydrogens is 262 g/mol. The van der Waals surface area contributed by atoms with Gasteiger partial charge in [-0.3, -0.25) is 4.79 Å². The molecule has 0 aromatic heterocycles. The van der Waals surface area contributed by atoms with E-state index >= 15 is 0 Å². The first kappa shape index (κ1) is 14.0. The van der Waals surface area contributed by atoms with E-state index in [-0.39, 0.29) is 11.3 Å². The van der Waals surface area contributed by atoms with Gasteiger partial charge in [-0.25, -0.2) is 8.78 Å². The molecule has 0 aliphatic carbocycles. The molecule has 1 amide bonds. The van der Waals surface area contributed by atoms with E-state index in [1.807, 2.05) is 19.1 Å². The maximum absolute atomic E-state index is 13.9. The van der Waals surface area contributed by atoms with Crippen molar-refractivity contribution in [1.29, 1.82) is 0 Å². The van der Waals surface area contributed by atoms with Gasteiger partial charge < -0.3 is 10.6 Å². The van der Waals surface area contributed by atoms with Crippen LogP contribution in [0.5, 0.6) is 0 Å². The Labute approximate surface area is 115 Å². The lowest BCUT2D eigenvalue weighted by atomic mass is 10.1. The summed E-state index contributed by atoms with van der Waals surface area (Å²) >= 11 is 0. The average molecular weight is 276 g/mol. The summed E-state index contributed by atoms with van der Waals surface area (Å²) in [6.07, 6.45) is 0. The number of nitrogens with zero attached hydrogens (tertiary/aromatic N) is 1. The second-order valence-electron chi connectivity index (χ2n) is 4.51. The molecule has 0 radical (unpaired) electrons. The molecule has 0 atom stereocenters. The molecule has 2 aromatic carbocycles. The Balaban J connectivity index is 2.44. The minimum absolute atomic E-state index is 0.381. The molecule has 0 saturated carbocycles. The van der Waals surface area contributed by atoms with Crippen LogP contribution in [0.25, 0.3) is 0 Å².